The molecular formula is C13H17N3O2. The quantitative estimate of drug-likeness (QED) is 0.767. The van der Waals surface area contributed by atoms with Crippen LogP contribution in [-0.4, -0.2) is 27.4 Å². The number of rotatable bonds is 4. The summed E-state index contributed by atoms with van der Waals surface area (Å²) in [5.74, 6) is 1.70. The molecule has 0 radical (unpaired) electrons. The molecule has 96 valence electrons. The molecule has 0 saturated heterocycles. The highest BCUT2D eigenvalue weighted by Gasteiger charge is 2.26. The number of H-pyrrole nitrogens is 1. The first kappa shape index (κ1) is 11.5. The van der Waals surface area contributed by atoms with E-state index in [2.05, 4.69) is 15.5 Å². The van der Waals surface area contributed by atoms with Gasteiger partial charge in [0.1, 0.15) is 11.5 Å². The smallest absolute Gasteiger partial charge is 0.152 e. The van der Waals surface area contributed by atoms with Gasteiger partial charge in [-0.1, -0.05) is 0 Å². The van der Waals surface area contributed by atoms with Crippen molar-refractivity contribution in [2.45, 2.75) is 38.5 Å². The molecule has 3 N–H and O–H groups in total. The fourth-order valence-electron chi connectivity index (χ4n) is 2.24. The summed E-state index contributed by atoms with van der Waals surface area (Å²) in [4.78, 5) is 0. The molecule has 1 saturated carbocycles. The average Bonchev–Trinajstić information content (AvgIpc) is 2.91. The Balaban J connectivity index is 1.68. The summed E-state index contributed by atoms with van der Waals surface area (Å²) >= 11 is 0. The van der Waals surface area contributed by atoms with Crippen LogP contribution in [-0.2, 0) is 6.54 Å². The third kappa shape index (κ3) is 2.19. The Bertz CT molecular complexity index is 526. The van der Waals surface area contributed by atoms with Crippen LogP contribution in [0.5, 0.6) is 0 Å². The molecule has 0 atom stereocenters. The summed E-state index contributed by atoms with van der Waals surface area (Å²) in [6.07, 6.45) is 3.37. The molecule has 2 aromatic rings. The second-order valence-corrected chi connectivity index (χ2v) is 4.88. The highest BCUT2D eigenvalue weighted by molar-refractivity contribution is 5.56. The van der Waals surface area contributed by atoms with Crippen LogP contribution >= 0.6 is 0 Å². The lowest BCUT2D eigenvalue weighted by atomic mass is 9.89. The highest BCUT2D eigenvalue weighted by atomic mass is 16.3. The normalized spacial score (nSPS) is 23.0. The van der Waals surface area contributed by atoms with Gasteiger partial charge in [0.05, 0.1) is 12.3 Å². The molecule has 5 heteroatoms. The number of aryl methyl sites for hydroxylation is 1. The van der Waals surface area contributed by atoms with E-state index >= 15 is 0 Å². The van der Waals surface area contributed by atoms with Crippen LogP contribution in [0.1, 0.15) is 24.2 Å². The van der Waals surface area contributed by atoms with E-state index in [1.165, 1.54) is 0 Å². The minimum Gasteiger partial charge on any atom is -0.460 e. The van der Waals surface area contributed by atoms with Crippen LogP contribution in [0.15, 0.2) is 22.7 Å². The summed E-state index contributed by atoms with van der Waals surface area (Å²) in [6, 6.07) is 4.30. The zero-order valence-corrected chi connectivity index (χ0v) is 10.3. The monoisotopic (exact) mass is 247 g/mol. The third-order valence-electron chi connectivity index (χ3n) is 3.40. The van der Waals surface area contributed by atoms with Crippen LogP contribution in [0.25, 0.3) is 11.5 Å². The van der Waals surface area contributed by atoms with Crippen molar-refractivity contribution >= 4 is 0 Å². The van der Waals surface area contributed by atoms with Crippen molar-refractivity contribution in [3.63, 3.8) is 0 Å². The van der Waals surface area contributed by atoms with E-state index in [0.29, 0.717) is 6.04 Å². The number of aromatic amines is 1. The number of hydrogen-bond acceptors (Lipinski definition) is 4. The number of nitrogens with one attached hydrogen (secondary N) is 2. The molecule has 0 aromatic carbocycles. The van der Waals surface area contributed by atoms with Crippen LogP contribution in [0.4, 0.5) is 0 Å². The van der Waals surface area contributed by atoms with Gasteiger partial charge in [0.15, 0.2) is 5.76 Å². The fourth-order valence-corrected chi connectivity index (χ4v) is 2.24. The van der Waals surface area contributed by atoms with E-state index in [-0.39, 0.29) is 6.10 Å². The zero-order valence-electron chi connectivity index (χ0n) is 10.3. The van der Waals surface area contributed by atoms with Crippen molar-refractivity contribution in [1.29, 1.82) is 0 Å². The Morgan fingerprint density at radius 3 is 3.00 bits per heavy atom. The Morgan fingerprint density at radius 2 is 2.33 bits per heavy atom. The van der Waals surface area contributed by atoms with E-state index in [1.54, 1.807) is 0 Å². The lowest BCUT2D eigenvalue weighted by molar-refractivity contribution is 0.0619. The highest BCUT2D eigenvalue weighted by Crippen LogP contribution is 2.24. The Labute approximate surface area is 105 Å². The predicted molar refractivity (Wildman–Crippen MR) is 66.9 cm³/mol. The average molecular weight is 247 g/mol. The Kier molecular flexibility index (Phi) is 2.93. The summed E-state index contributed by atoms with van der Waals surface area (Å²) in [5.41, 5.74) is 2.02. The van der Waals surface area contributed by atoms with Crippen LogP contribution in [0.3, 0.4) is 0 Å². The van der Waals surface area contributed by atoms with Gasteiger partial charge in [-0.3, -0.25) is 5.10 Å². The predicted octanol–water partition coefficient (Wildman–Crippen LogP) is 1.59. The molecule has 0 amide bonds. The van der Waals surface area contributed by atoms with Crippen molar-refractivity contribution in [2.75, 3.05) is 0 Å². The molecule has 18 heavy (non-hydrogen) atoms. The molecule has 0 spiro atoms. The summed E-state index contributed by atoms with van der Waals surface area (Å²) in [5, 5.41) is 19.7. The first-order chi connectivity index (χ1) is 8.72. The lowest BCUT2D eigenvalue weighted by Gasteiger charge is -2.32. The van der Waals surface area contributed by atoms with Crippen LogP contribution in [0, 0.1) is 6.92 Å². The summed E-state index contributed by atoms with van der Waals surface area (Å²) < 4.78 is 5.59. The van der Waals surface area contributed by atoms with Gasteiger partial charge in [-0.15, -0.1) is 0 Å². The first-order valence-electron chi connectivity index (χ1n) is 6.23. The number of furan rings is 1. The van der Waals surface area contributed by atoms with Crippen molar-refractivity contribution < 1.29 is 9.52 Å². The summed E-state index contributed by atoms with van der Waals surface area (Å²) in [7, 11) is 0. The summed E-state index contributed by atoms with van der Waals surface area (Å²) in [6.45, 7) is 2.66. The van der Waals surface area contributed by atoms with E-state index < -0.39 is 0 Å². The molecule has 0 unspecified atom stereocenters. The van der Waals surface area contributed by atoms with Gasteiger partial charge in [0, 0.05) is 18.2 Å². The molecular weight excluding hydrogens is 230 g/mol. The van der Waals surface area contributed by atoms with E-state index in [4.69, 9.17) is 4.42 Å². The van der Waals surface area contributed by atoms with Gasteiger partial charge in [-0.25, -0.2) is 0 Å². The van der Waals surface area contributed by atoms with Crippen LogP contribution in [0.2, 0.25) is 0 Å². The fraction of sp³-hybridized carbons (Fsp3) is 0.462. The van der Waals surface area contributed by atoms with Gasteiger partial charge in [0.2, 0.25) is 0 Å². The first-order valence-corrected chi connectivity index (χ1v) is 6.23. The third-order valence-corrected chi connectivity index (χ3v) is 3.40. The van der Waals surface area contributed by atoms with Gasteiger partial charge < -0.3 is 14.8 Å². The molecule has 2 aromatic heterocycles. The molecule has 0 aliphatic heterocycles. The Morgan fingerprint density at radius 1 is 1.50 bits per heavy atom. The van der Waals surface area contributed by atoms with E-state index in [0.717, 1.165) is 42.2 Å². The largest absolute Gasteiger partial charge is 0.460 e. The molecule has 1 aliphatic carbocycles. The van der Waals surface area contributed by atoms with E-state index in [9.17, 15) is 5.11 Å². The second-order valence-electron chi connectivity index (χ2n) is 4.88. The number of hydrogen-bond donors (Lipinski definition) is 3. The van der Waals surface area contributed by atoms with Crippen molar-refractivity contribution in [3.05, 3.63) is 29.7 Å². The van der Waals surface area contributed by atoms with E-state index in [1.807, 2.05) is 25.3 Å². The maximum absolute atomic E-state index is 9.24. The SMILES string of the molecule is Cc1ccc(-c2[nH]ncc2CNC2CC(O)C2)o1. The molecule has 0 bridgehead atoms. The number of aliphatic hydroxyl groups is 1. The van der Waals surface area contributed by atoms with Gasteiger partial charge in [-0.2, -0.15) is 5.10 Å². The van der Waals surface area contributed by atoms with Crippen molar-refractivity contribution in [1.82, 2.24) is 15.5 Å². The van der Waals surface area contributed by atoms with Gasteiger partial charge >= 0.3 is 0 Å². The van der Waals surface area contributed by atoms with Gasteiger partial charge in [0.25, 0.3) is 0 Å². The molecule has 2 heterocycles. The number of aliphatic hydroxyl groups excluding tert-OH is 1. The molecule has 3 rings (SSSR count). The Hall–Kier alpha value is -1.59. The van der Waals surface area contributed by atoms with Crippen molar-refractivity contribution in [2.24, 2.45) is 0 Å². The zero-order chi connectivity index (χ0) is 12.5. The number of aromatic nitrogens is 2. The second kappa shape index (κ2) is 4.59. The molecule has 1 aliphatic rings. The maximum atomic E-state index is 9.24. The lowest BCUT2D eigenvalue weighted by Crippen LogP contribution is -2.43. The van der Waals surface area contributed by atoms with Gasteiger partial charge in [-0.05, 0) is 31.9 Å². The topological polar surface area (TPSA) is 74.1 Å². The molecule has 1 fully saturated rings. The number of nitrogens with zero attached hydrogens (tertiary/aromatic N) is 1. The minimum atomic E-state index is -0.126. The molecule has 5 nitrogen and oxygen atoms in total. The maximum Gasteiger partial charge on any atom is 0.152 e. The minimum absolute atomic E-state index is 0.126. The van der Waals surface area contributed by atoms with Crippen molar-refractivity contribution in [3.8, 4) is 11.5 Å². The standard InChI is InChI=1S/C13H17N3O2/c1-8-2-3-12(18-8)13-9(7-15-16-13)6-14-10-4-11(17)5-10/h2-3,7,10-11,14,17H,4-6H2,1H3,(H,15,16). The van der Waals surface area contributed by atoms with Crippen LogP contribution < -0.4 is 5.32 Å².